The van der Waals surface area contributed by atoms with Gasteiger partial charge in [0.1, 0.15) is 17.6 Å². The van der Waals surface area contributed by atoms with Crippen LogP contribution in [0.2, 0.25) is 0 Å². The molecule has 1 unspecified atom stereocenters. The van der Waals surface area contributed by atoms with Gasteiger partial charge < -0.3 is 15.2 Å². The molecule has 2 N–H and O–H groups in total. The minimum Gasteiger partial charge on any atom is -0.497 e. The molecule has 0 aliphatic heterocycles. The first-order valence-corrected chi connectivity index (χ1v) is 4.64. The minimum atomic E-state index is -0.483. The molecule has 0 saturated carbocycles. The molecule has 4 nitrogen and oxygen atoms in total. The second-order valence-electron chi connectivity index (χ2n) is 3.07. The first-order valence-electron chi connectivity index (χ1n) is 4.64. The van der Waals surface area contributed by atoms with Crippen molar-refractivity contribution >= 4 is 0 Å². The Morgan fingerprint density at radius 2 is 2.27 bits per heavy atom. The molecule has 1 atom stereocenters. The fourth-order valence-corrected chi connectivity index (χ4v) is 1.17. The highest BCUT2D eigenvalue weighted by Gasteiger charge is 2.07. The van der Waals surface area contributed by atoms with E-state index in [2.05, 4.69) is 0 Å². The number of nitriles is 1. The normalized spacial score (nSPS) is 11.6. The van der Waals surface area contributed by atoms with E-state index in [0.29, 0.717) is 12.3 Å². The summed E-state index contributed by atoms with van der Waals surface area (Å²) in [5.41, 5.74) is 6.40. The summed E-state index contributed by atoms with van der Waals surface area (Å²) >= 11 is 0. The molecule has 80 valence electrons. The van der Waals surface area contributed by atoms with Gasteiger partial charge in [0.25, 0.3) is 0 Å². The molecule has 0 spiro atoms. The van der Waals surface area contributed by atoms with Gasteiger partial charge in [0.15, 0.2) is 6.10 Å². The second kappa shape index (κ2) is 5.23. The second-order valence-corrected chi connectivity index (χ2v) is 3.07. The van der Waals surface area contributed by atoms with E-state index in [-0.39, 0.29) is 0 Å². The van der Waals surface area contributed by atoms with Gasteiger partial charge >= 0.3 is 0 Å². The molecule has 1 rings (SSSR count). The Kier molecular flexibility index (Phi) is 3.95. The van der Waals surface area contributed by atoms with Crippen LogP contribution in [0.4, 0.5) is 0 Å². The van der Waals surface area contributed by atoms with Crippen molar-refractivity contribution in [2.45, 2.75) is 19.6 Å². The topological polar surface area (TPSA) is 68.3 Å². The average molecular weight is 206 g/mol. The van der Waals surface area contributed by atoms with Crippen LogP contribution in [0.5, 0.6) is 11.5 Å². The fraction of sp³-hybridized carbons (Fsp3) is 0.364. The Hall–Kier alpha value is -1.73. The summed E-state index contributed by atoms with van der Waals surface area (Å²) in [6.45, 7) is 2.04. The van der Waals surface area contributed by atoms with Crippen molar-refractivity contribution in [1.29, 1.82) is 5.26 Å². The van der Waals surface area contributed by atoms with E-state index in [1.807, 2.05) is 6.07 Å². The molecule has 1 aromatic carbocycles. The van der Waals surface area contributed by atoms with Crippen LogP contribution in [0.3, 0.4) is 0 Å². The molecular weight excluding hydrogens is 192 g/mol. The van der Waals surface area contributed by atoms with Crippen molar-refractivity contribution in [3.63, 3.8) is 0 Å². The van der Waals surface area contributed by atoms with E-state index in [4.69, 9.17) is 20.5 Å². The summed E-state index contributed by atoms with van der Waals surface area (Å²) in [5.74, 6) is 1.36. The lowest BCUT2D eigenvalue weighted by atomic mass is 10.2. The largest absolute Gasteiger partial charge is 0.497 e. The lowest BCUT2D eigenvalue weighted by Crippen LogP contribution is -2.11. The number of methoxy groups -OCH3 is 1. The minimum absolute atomic E-state index is 0.352. The third-order valence-corrected chi connectivity index (χ3v) is 1.97. The van der Waals surface area contributed by atoms with Gasteiger partial charge in [-0.1, -0.05) is 0 Å². The fourth-order valence-electron chi connectivity index (χ4n) is 1.17. The predicted octanol–water partition coefficient (Wildman–Crippen LogP) is 1.44. The van der Waals surface area contributed by atoms with E-state index < -0.39 is 6.10 Å². The highest BCUT2D eigenvalue weighted by atomic mass is 16.5. The van der Waals surface area contributed by atoms with E-state index in [0.717, 1.165) is 11.3 Å². The van der Waals surface area contributed by atoms with Gasteiger partial charge in [-0.3, -0.25) is 0 Å². The lowest BCUT2D eigenvalue weighted by Gasteiger charge is -2.12. The molecule has 1 aromatic rings. The van der Waals surface area contributed by atoms with Crippen LogP contribution in [-0.2, 0) is 6.54 Å². The zero-order valence-electron chi connectivity index (χ0n) is 8.86. The molecule has 0 heterocycles. The summed E-state index contributed by atoms with van der Waals surface area (Å²) in [4.78, 5) is 0. The first-order chi connectivity index (χ1) is 7.21. The molecule has 0 aliphatic carbocycles. The van der Waals surface area contributed by atoms with E-state index in [1.165, 1.54) is 0 Å². The number of nitrogens with zero attached hydrogens (tertiary/aromatic N) is 1. The summed E-state index contributed by atoms with van der Waals surface area (Å²) in [6, 6.07) is 7.34. The van der Waals surface area contributed by atoms with Crippen LogP contribution >= 0.6 is 0 Å². The smallest absolute Gasteiger partial charge is 0.181 e. The Bertz CT molecular complexity index is 371. The summed E-state index contributed by atoms with van der Waals surface area (Å²) in [5, 5.41) is 8.63. The number of rotatable bonds is 4. The van der Waals surface area contributed by atoms with Gasteiger partial charge in [-0.2, -0.15) is 5.26 Å². The van der Waals surface area contributed by atoms with Crippen molar-refractivity contribution in [1.82, 2.24) is 0 Å². The molecule has 15 heavy (non-hydrogen) atoms. The summed E-state index contributed by atoms with van der Waals surface area (Å²) in [7, 11) is 1.59. The quantitative estimate of drug-likeness (QED) is 0.809. The third-order valence-electron chi connectivity index (χ3n) is 1.97. The van der Waals surface area contributed by atoms with E-state index >= 15 is 0 Å². The van der Waals surface area contributed by atoms with Gasteiger partial charge in [-0.05, 0) is 25.1 Å². The van der Waals surface area contributed by atoms with Crippen LogP contribution < -0.4 is 15.2 Å². The molecule has 4 heteroatoms. The van der Waals surface area contributed by atoms with Gasteiger partial charge in [-0.15, -0.1) is 0 Å². The molecule has 0 saturated heterocycles. The number of hydrogen-bond acceptors (Lipinski definition) is 4. The maximum absolute atomic E-state index is 8.63. The van der Waals surface area contributed by atoms with Gasteiger partial charge in [0.05, 0.1) is 7.11 Å². The van der Waals surface area contributed by atoms with Crippen LogP contribution in [0.1, 0.15) is 12.5 Å². The number of nitrogens with two attached hydrogens (primary N) is 1. The Morgan fingerprint density at radius 1 is 1.53 bits per heavy atom. The first kappa shape index (κ1) is 11.3. The molecular formula is C11H14N2O2. The standard InChI is InChI=1S/C11H14N2O2/c1-8(6-12)15-11-4-3-10(14-2)5-9(11)7-13/h3-5,8H,7,13H2,1-2H3. The van der Waals surface area contributed by atoms with Crippen LogP contribution in [-0.4, -0.2) is 13.2 Å². The van der Waals surface area contributed by atoms with Crippen molar-refractivity contribution < 1.29 is 9.47 Å². The molecule has 0 bridgehead atoms. The Labute approximate surface area is 89.2 Å². The SMILES string of the molecule is COc1ccc(OC(C)C#N)c(CN)c1. The van der Waals surface area contributed by atoms with Crippen LogP contribution in [0, 0.1) is 11.3 Å². The third kappa shape index (κ3) is 2.86. The molecule has 0 amide bonds. The molecule has 0 aromatic heterocycles. The predicted molar refractivity (Wildman–Crippen MR) is 56.6 cm³/mol. The lowest BCUT2D eigenvalue weighted by molar-refractivity contribution is 0.273. The average Bonchev–Trinajstić information content (AvgIpc) is 2.29. The molecule has 0 radical (unpaired) electrons. The highest BCUT2D eigenvalue weighted by Crippen LogP contribution is 2.24. The van der Waals surface area contributed by atoms with Crippen molar-refractivity contribution in [3.8, 4) is 17.6 Å². The highest BCUT2D eigenvalue weighted by molar-refractivity contribution is 5.40. The van der Waals surface area contributed by atoms with Gasteiger partial charge in [0.2, 0.25) is 0 Å². The van der Waals surface area contributed by atoms with Crippen molar-refractivity contribution in [2.24, 2.45) is 5.73 Å². The maximum atomic E-state index is 8.63. The van der Waals surface area contributed by atoms with Crippen molar-refractivity contribution in [3.05, 3.63) is 23.8 Å². The zero-order valence-corrected chi connectivity index (χ0v) is 8.86. The molecule has 0 fully saturated rings. The summed E-state index contributed by atoms with van der Waals surface area (Å²) in [6.07, 6.45) is -0.483. The maximum Gasteiger partial charge on any atom is 0.181 e. The number of ether oxygens (including phenoxy) is 2. The Morgan fingerprint density at radius 3 is 2.80 bits per heavy atom. The van der Waals surface area contributed by atoms with Gasteiger partial charge in [0, 0.05) is 12.1 Å². The monoisotopic (exact) mass is 206 g/mol. The molecule has 0 aliphatic rings. The van der Waals surface area contributed by atoms with Crippen molar-refractivity contribution in [2.75, 3.05) is 7.11 Å². The summed E-state index contributed by atoms with van der Waals surface area (Å²) < 4.78 is 10.5. The van der Waals surface area contributed by atoms with E-state index in [1.54, 1.807) is 32.2 Å². The van der Waals surface area contributed by atoms with E-state index in [9.17, 15) is 0 Å². The number of benzene rings is 1. The van der Waals surface area contributed by atoms with Crippen LogP contribution in [0.25, 0.3) is 0 Å². The van der Waals surface area contributed by atoms with Gasteiger partial charge in [-0.25, -0.2) is 0 Å². The number of hydrogen-bond donors (Lipinski definition) is 1. The van der Waals surface area contributed by atoms with Crippen LogP contribution in [0.15, 0.2) is 18.2 Å². The Balaban J connectivity index is 2.93. The zero-order chi connectivity index (χ0) is 11.3.